The van der Waals surface area contributed by atoms with Crippen molar-refractivity contribution in [2.45, 2.75) is 12.5 Å². The summed E-state index contributed by atoms with van der Waals surface area (Å²) in [4.78, 5) is 13.1. The minimum absolute atomic E-state index is 0.109. The van der Waals surface area contributed by atoms with Crippen molar-refractivity contribution in [2.24, 2.45) is 0 Å². The molecular formula is C21H24O8. The fourth-order valence-corrected chi connectivity index (χ4v) is 3.45. The van der Waals surface area contributed by atoms with Crippen LogP contribution in [-0.2, 0) is 0 Å². The van der Waals surface area contributed by atoms with Crippen molar-refractivity contribution >= 4 is 5.78 Å². The molecular weight excluding hydrogens is 380 g/mol. The molecule has 8 heteroatoms. The van der Waals surface area contributed by atoms with Crippen LogP contribution in [0.5, 0.6) is 40.2 Å². The Hall–Kier alpha value is -3.29. The molecule has 1 aliphatic heterocycles. The first kappa shape index (κ1) is 20.4. The number of hydrogen-bond donors (Lipinski definition) is 0. The van der Waals surface area contributed by atoms with Crippen molar-refractivity contribution in [3.05, 3.63) is 29.3 Å². The van der Waals surface area contributed by atoms with Crippen molar-refractivity contribution in [2.75, 3.05) is 42.7 Å². The second kappa shape index (κ2) is 8.38. The molecule has 0 radical (unpaired) electrons. The number of Topliss-reactive ketones (excluding diaryl/α,β-unsaturated/α-hetero) is 1. The molecule has 0 bridgehead atoms. The summed E-state index contributed by atoms with van der Waals surface area (Å²) >= 11 is 0. The standard InChI is InChI=1S/C21H24O8/c1-23-13-8-7-11(9-15(13)24-2)14-10-12(22)16-17(25-3)19(26-4)21(28-6)20(27-5)18(16)29-14/h7-9,14H,10H2,1-6H3/t14-/m1/s1. The Kier molecular flexibility index (Phi) is 5.91. The van der Waals surface area contributed by atoms with Gasteiger partial charge in [-0.25, -0.2) is 0 Å². The van der Waals surface area contributed by atoms with Crippen molar-refractivity contribution in [1.82, 2.24) is 0 Å². The van der Waals surface area contributed by atoms with Gasteiger partial charge in [-0.15, -0.1) is 0 Å². The first-order valence-corrected chi connectivity index (χ1v) is 8.86. The van der Waals surface area contributed by atoms with Gasteiger partial charge < -0.3 is 33.2 Å². The number of fused-ring (bicyclic) bond motifs is 1. The quantitative estimate of drug-likeness (QED) is 0.694. The van der Waals surface area contributed by atoms with Crippen LogP contribution >= 0.6 is 0 Å². The number of methoxy groups -OCH3 is 6. The highest BCUT2D eigenvalue weighted by atomic mass is 16.6. The monoisotopic (exact) mass is 404 g/mol. The van der Waals surface area contributed by atoms with Gasteiger partial charge in [0.05, 0.1) is 49.1 Å². The van der Waals surface area contributed by atoms with Gasteiger partial charge in [-0.3, -0.25) is 4.79 Å². The molecule has 0 fully saturated rings. The van der Waals surface area contributed by atoms with Gasteiger partial charge in [0.15, 0.2) is 28.8 Å². The molecule has 1 heterocycles. The number of hydrogen-bond acceptors (Lipinski definition) is 8. The Morgan fingerprint density at radius 2 is 1.34 bits per heavy atom. The Labute approximate surface area is 169 Å². The Bertz CT molecular complexity index is 922. The number of carbonyl (C=O) groups excluding carboxylic acids is 1. The van der Waals surface area contributed by atoms with Crippen LogP contribution in [-0.4, -0.2) is 48.4 Å². The van der Waals surface area contributed by atoms with Gasteiger partial charge in [0.25, 0.3) is 0 Å². The van der Waals surface area contributed by atoms with E-state index in [9.17, 15) is 4.79 Å². The van der Waals surface area contributed by atoms with E-state index in [0.717, 1.165) is 5.56 Å². The molecule has 3 rings (SSSR count). The molecule has 29 heavy (non-hydrogen) atoms. The summed E-state index contributed by atoms with van der Waals surface area (Å²) in [7, 11) is 8.98. The molecule has 2 aromatic carbocycles. The van der Waals surface area contributed by atoms with Gasteiger partial charge in [-0.05, 0) is 17.7 Å². The lowest BCUT2D eigenvalue weighted by Crippen LogP contribution is -2.22. The van der Waals surface area contributed by atoms with E-state index in [0.29, 0.717) is 11.5 Å². The lowest BCUT2D eigenvalue weighted by Gasteiger charge is -2.30. The van der Waals surface area contributed by atoms with Gasteiger partial charge in [0, 0.05) is 0 Å². The number of benzene rings is 2. The van der Waals surface area contributed by atoms with Gasteiger partial charge in [-0.1, -0.05) is 6.07 Å². The van der Waals surface area contributed by atoms with Crippen LogP contribution in [0, 0.1) is 0 Å². The summed E-state index contributed by atoms with van der Waals surface area (Å²) in [6.07, 6.45) is -0.441. The van der Waals surface area contributed by atoms with Crippen LogP contribution in [0.15, 0.2) is 18.2 Å². The second-order valence-electron chi connectivity index (χ2n) is 6.19. The average molecular weight is 404 g/mol. The zero-order chi connectivity index (χ0) is 21.1. The largest absolute Gasteiger partial charge is 0.493 e. The summed E-state index contributed by atoms with van der Waals surface area (Å²) in [5.74, 6) is 2.28. The molecule has 0 saturated carbocycles. The van der Waals surface area contributed by atoms with Crippen LogP contribution in [0.25, 0.3) is 0 Å². The van der Waals surface area contributed by atoms with Crippen molar-refractivity contribution in [3.63, 3.8) is 0 Å². The fourth-order valence-electron chi connectivity index (χ4n) is 3.45. The van der Waals surface area contributed by atoms with E-state index in [1.54, 1.807) is 26.4 Å². The van der Waals surface area contributed by atoms with E-state index in [1.807, 2.05) is 6.07 Å². The molecule has 0 saturated heterocycles. The molecule has 1 aliphatic rings. The number of carbonyl (C=O) groups is 1. The maximum Gasteiger partial charge on any atom is 0.211 e. The van der Waals surface area contributed by atoms with Gasteiger partial charge in [0.1, 0.15) is 11.7 Å². The summed E-state index contributed by atoms with van der Waals surface area (Å²) in [6.45, 7) is 0. The zero-order valence-corrected chi connectivity index (χ0v) is 17.3. The molecule has 0 aromatic heterocycles. The second-order valence-corrected chi connectivity index (χ2v) is 6.19. The van der Waals surface area contributed by atoms with Crippen LogP contribution < -0.4 is 33.2 Å². The minimum Gasteiger partial charge on any atom is -0.493 e. The smallest absolute Gasteiger partial charge is 0.211 e. The first-order valence-electron chi connectivity index (χ1n) is 8.86. The van der Waals surface area contributed by atoms with Crippen LogP contribution in [0.1, 0.15) is 28.4 Å². The normalized spacial score (nSPS) is 15.1. The topological polar surface area (TPSA) is 81.7 Å². The maximum absolute atomic E-state index is 13.1. The SMILES string of the molecule is COc1ccc([C@H]2CC(=O)c3c(OC)c(OC)c(OC)c(OC)c3O2)cc1OC. The van der Waals surface area contributed by atoms with Crippen molar-refractivity contribution in [3.8, 4) is 40.2 Å². The lowest BCUT2D eigenvalue weighted by molar-refractivity contribution is 0.0833. The lowest BCUT2D eigenvalue weighted by atomic mass is 9.94. The predicted molar refractivity (Wildman–Crippen MR) is 105 cm³/mol. The van der Waals surface area contributed by atoms with E-state index in [-0.39, 0.29) is 46.5 Å². The molecule has 2 aromatic rings. The highest BCUT2D eigenvalue weighted by Gasteiger charge is 2.38. The predicted octanol–water partition coefficient (Wildman–Crippen LogP) is 3.44. The molecule has 0 N–H and O–H groups in total. The van der Waals surface area contributed by atoms with Gasteiger partial charge in [0.2, 0.25) is 17.2 Å². The third-order valence-corrected chi connectivity index (χ3v) is 4.78. The summed E-state index contributed by atoms with van der Waals surface area (Å²) < 4.78 is 38.7. The summed E-state index contributed by atoms with van der Waals surface area (Å²) in [5.41, 5.74) is 1.02. The number of rotatable bonds is 7. The highest BCUT2D eigenvalue weighted by Crippen LogP contribution is 2.56. The van der Waals surface area contributed by atoms with Crippen LogP contribution in [0.3, 0.4) is 0 Å². The van der Waals surface area contributed by atoms with Gasteiger partial charge >= 0.3 is 0 Å². The van der Waals surface area contributed by atoms with Crippen molar-refractivity contribution in [1.29, 1.82) is 0 Å². The Morgan fingerprint density at radius 3 is 1.90 bits per heavy atom. The van der Waals surface area contributed by atoms with E-state index < -0.39 is 6.10 Å². The molecule has 0 unspecified atom stereocenters. The maximum atomic E-state index is 13.1. The summed E-state index contributed by atoms with van der Waals surface area (Å²) in [5, 5.41) is 0. The van der Waals surface area contributed by atoms with Gasteiger partial charge in [-0.2, -0.15) is 0 Å². The van der Waals surface area contributed by atoms with Crippen LogP contribution in [0.4, 0.5) is 0 Å². The van der Waals surface area contributed by atoms with Crippen molar-refractivity contribution < 1.29 is 38.0 Å². The van der Waals surface area contributed by atoms with E-state index in [2.05, 4.69) is 0 Å². The zero-order valence-electron chi connectivity index (χ0n) is 17.3. The third kappa shape index (κ3) is 3.35. The molecule has 1 atom stereocenters. The highest BCUT2D eigenvalue weighted by molar-refractivity contribution is 6.05. The molecule has 156 valence electrons. The Morgan fingerprint density at radius 1 is 0.759 bits per heavy atom. The molecule has 0 aliphatic carbocycles. The fraction of sp³-hybridized carbons (Fsp3) is 0.381. The van der Waals surface area contributed by atoms with E-state index in [1.165, 1.54) is 28.4 Å². The third-order valence-electron chi connectivity index (χ3n) is 4.78. The first-order chi connectivity index (χ1) is 14.0. The summed E-state index contributed by atoms with van der Waals surface area (Å²) in [6, 6.07) is 5.38. The molecule has 8 nitrogen and oxygen atoms in total. The van der Waals surface area contributed by atoms with Crippen LogP contribution in [0.2, 0.25) is 0 Å². The average Bonchev–Trinajstić information content (AvgIpc) is 2.76. The number of ether oxygens (including phenoxy) is 7. The Balaban J connectivity index is 2.15. The van der Waals surface area contributed by atoms with E-state index in [4.69, 9.17) is 33.2 Å². The molecule has 0 amide bonds. The molecule has 0 spiro atoms. The number of ketones is 1. The minimum atomic E-state index is -0.550. The van der Waals surface area contributed by atoms with E-state index >= 15 is 0 Å².